The topological polar surface area (TPSA) is 62.5 Å². The van der Waals surface area contributed by atoms with Gasteiger partial charge in [-0.05, 0) is 13.8 Å². The zero-order valence-corrected chi connectivity index (χ0v) is 10.5. The van der Waals surface area contributed by atoms with Gasteiger partial charge in [0.25, 0.3) is 0 Å². The summed E-state index contributed by atoms with van der Waals surface area (Å²) in [5, 5.41) is 19.2. The first kappa shape index (κ1) is 11.2. The van der Waals surface area contributed by atoms with Crippen LogP contribution in [0.4, 0.5) is 0 Å². The van der Waals surface area contributed by atoms with Crippen LogP contribution in [-0.2, 0) is 19.3 Å². The fourth-order valence-electron chi connectivity index (χ4n) is 2.84. The van der Waals surface area contributed by atoms with Crippen molar-refractivity contribution in [3.05, 3.63) is 16.7 Å². The van der Waals surface area contributed by atoms with Crippen LogP contribution in [0.2, 0.25) is 0 Å². The Morgan fingerprint density at radius 1 is 1.17 bits per heavy atom. The van der Waals surface area contributed by atoms with Crippen LogP contribution in [-0.4, -0.2) is 17.3 Å². The zero-order chi connectivity index (χ0) is 12.9. The van der Waals surface area contributed by atoms with Crippen molar-refractivity contribution in [1.29, 1.82) is 5.26 Å². The zero-order valence-electron chi connectivity index (χ0n) is 10.5. The lowest BCUT2D eigenvalue weighted by molar-refractivity contribution is 0.244. The van der Waals surface area contributed by atoms with Crippen LogP contribution in [0.15, 0.2) is 0 Å². The lowest BCUT2D eigenvalue weighted by Crippen LogP contribution is -2.07. The number of nitrogens with zero attached hydrogens (tertiary/aromatic N) is 1. The molecule has 0 bridgehead atoms. The van der Waals surface area contributed by atoms with Crippen molar-refractivity contribution >= 4 is 0 Å². The molecule has 2 unspecified atom stereocenters. The minimum atomic E-state index is 0.0447. The lowest BCUT2D eigenvalue weighted by Gasteiger charge is -2.12. The maximum absolute atomic E-state index is 10.3. The summed E-state index contributed by atoms with van der Waals surface area (Å²) in [4.78, 5) is 0. The molecular formula is C14H15NO3. The molecule has 94 valence electrons. The predicted octanol–water partition coefficient (Wildman–Crippen LogP) is 2.11. The molecule has 0 spiro atoms. The van der Waals surface area contributed by atoms with Crippen LogP contribution >= 0.6 is 0 Å². The van der Waals surface area contributed by atoms with Gasteiger partial charge in [0, 0.05) is 29.5 Å². The van der Waals surface area contributed by atoms with Gasteiger partial charge in [-0.2, -0.15) is 5.26 Å². The average Bonchev–Trinajstić information content (AvgIpc) is 2.88. The number of rotatable bonds is 1. The van der Waals surface area contributed by atoms with E-state index in [2.05, 4.69) is 6.07 Å². The molecule has 0 aliphatic carbocycles. The Hall–Kier alpha value is -1.89. The highest BCUT2D eigenvalue weighted by atomic mass is 16.5. The minimum absolute atomic E-state index is 0.0447. The van der Waals surface area contributed by atoms with Crippen molar-refractivity contribution in [2.24, 2.45) is 0 Å². The Bertz CT molecular complexity index is 520. The van der Waals surface area contributed by atoms with E-state index >= 15 is 0 Å². The molecule has 4 nitrogen and oxygen atoms in total. The standard InChI is InChI=1S/C14H15NO3/c1-7-5-10-9(3-4-15)13-11(6-8(2)17-13)12(16)14(10)18-7/h7-8,16H,3,5-6H2,1-2H3. The van der Waals surface area contributed by atoms with Gasteiger partial charge < -0.3 is 14.6 Å². The number of phenolic OH excluding ortho intramolecular Hbond substituents is 1. The van der Waals surface area contributed by atoms with Gasteiger partial charge >= 0.3 is 0 Å². The first-order valence-electron chi connectivity index (χ1n) is 6.21. The lowest BCUT2D eigenvalue weighted by atomic mass is 9.95. The highest BCUT2D eigenvalue weighted by molar-refractivity contribution is 5.65. The van der Waals surface area contributed by atoms with Gasteiger partial charge in [-0.3, -0.25) is 0 Å². The average molecular weight is 245 g/mol. The van der Waals surface area contributed by atoms with Gasteiger partial charge in [0.15, 0.2) is 11.5 Å². The second kappa shape index (κ2) is 3.81. The van der Waals surface area contributed by atoms with Crippen molar-refractivity contribution in [2.45, 2.75) is 45.3 Å². The Labute approximate surface area is 106 Å². The van der Waals surface area contributed by atoms with E-state index in [1.807, 2.05) is 13.8 Å². The second-order valence-corrected chi connectivity index (χ2v) is 5.04. The summed E-state index contributed by atoms with van der Waals surface area (Å²) in [6.07, 6.45) is 1.79. The summed E-state index contributed by atoms with van der Waals surface area (Å²) in [7, 11) is 0. The molecule has 1 N–H and O–H groups in total. The Morgan fingerprint density at radius 2 is 1.78 bits per heavy atom. The van der Waals surface area contributed by atoms with Crippen LogP contribution in [0.25, 0.3) is 0 Å². The number of hydrogen-bond acceptors (Lipinski definition) is 4. The summed E-state index contributed by atoms with van der Waals surface area (Å²) < 4.78 is 11.4. The molecule has 0 amide bonds. The molecule has 1 aromatic rings. The molecule has 0 radical (unpaired) electrons. The molecule has 2 aliphatic rings. The number of fused-ring (bicyclic) bond motifs is 2. The highest BCUT2D eigenvalue weighted by Crippen LogP contribution is 2.50. The maximum atomic E-state index is 10.3. The van der Waals surface area contributed by atoms with E-state index in [9.17, 15) is 5.11 Å². The molecule has 0 saturated heterocycles. The van der Waals surface area contributed by atoms with Crippen LogP contribution in [0, 0.1) is 11.3 Å². The third kappa shape index (κ3) is 1.43. The van der Waals surface area contributed by atoms with E-state index in [0.717, 1.165) is 23.1 Å². The van der Waals surface area contributed by atoms with Crippen molar-refractivity contribution in [3.8, 4) is 23.3 Å². The van der Waals surface area contributed by atoms with Crippen LogP contribution in [0.3, 0.4) is 0 Å². The number of phenols is 1. The summed E-state index contributed by atoms with van der Waals surface area (Å²) >= 11 is 0. The van der Waals surface area contributed by atoms with Gasteiger partial charge in [-0.1, -0.05) is 0 Å². The van der Waals surface area contributed by atoms with E-state index in [1.54, 1.807) is 0 Å². The Balaban J connectivity index is 2.23. The van der Waals surface area contributed by atoms with Gasteiger partial charge in [0.05, 0.1) is 12.5 Å². The Morgan fingerprint density at radius 3 is 2.44 bits per heavy atom. The first-order valence-corrected chi connectivity index (χ1v) is 6.21. The molecule has 1 aromatic carbocycles. The Kier molecular flexibility index (Phi) is 2.37. The van der Waals surface area contributed by atoms with Crippen molar-refractivity contribution in [3.63, 3.8) is 0 Å². The number of aromatic hydroxyl groups is 1. The number of hydrogen-bond donors (Lipinski definition) is 1. The van der Waals surface area contributed by atoms with Crippen molar-refractivity contribution in [2.75, 3.05) is 0 Å². The van der Waals surface area contributed by atoms with E-state index < -0.39 is 0 Å². The van der Waals surface area contributed by atoms with Crippen LogP contribution < -0.4 is 9.47 Å². The molecule has 3 rings (SSSR count). The summed E-state index contributed by atoms with van der Waals surface area (Å²) in [5.41, 5.74) is 2.63. The van der Waals surface area contributed by atoms with Gasteiger partial charge in [0.2, 0.25) is 0 Å². The number of benzene rings is 1. The molecule has 4 heteroatoms. The van der Waals surface area contributed by atoms with E-state index in [4.69, 9.17) is 14.7 Å². The summed E-state index contributed by atoms with van der Waals surface area (Å²) in [5.74, 6) is 1.47. The number of nitriles is 1. The molecule has 2 atom stereocenters. The maximum Gasteiger partial charge on any atom is 0.165 e. The van der Waals surface area contributed by atoms with Crippen LogP contribution in [0.5, 0.6) is 17.2 Å². The molecular weight excluding hydrogens is 230 g/mol. The quantitative estimate of drug-likeness (QED) is 0.823. The predicted molar refractivity (Wildman–Crippen MR) is 65.0 cm³/mol. The molecule has 18 heavy (non-hydrogen) atoms. The molecule has 0 saturated carbocycles. The fraction of sp³-hybridized carbons (Fsp3) is 0.500. The molecule has 2 aliphatic heterocycles. The highest BCUT2D eigenvalue weighted by Gasteiger charge is 2.35. The molecule has 2 heterocycles. The largest absolute Gasteiger partial charge is 0.504 e. The second-order valence-electron chi connectivity index (χ2n) is 5.04. The van der Waals surface area contributed by atoms with E-state index in [0.29, 0.717) is 24.3 Å². The van der Waals surface area contributed by atoms with Crippen molar-refractivity contribution in [1.82, 2.24) is 0 Å². The SMILES string of the molecule is CC1Cc2c(CC#N)c3c(c(O)c2O1)CC(C)O3. The molecule has 0 fully saturated rings. The monoisotopic (exact) mass is 245 g/mol. The van der Waals surface area contributed by atoms with E-state index in [1.165, 1.54) is 0 Å². The fourth-order valence-corrected chi connectivity index (χ4v) is 2.84. The van der Waals surface area contributed by atoms with E-state index in [-0.39, 0.29) is 18.0 Å². The first-order chi connectivity index (χ1) is 8.61. The van der Waals surface area contributed by atoms with Crippen LogP contribution in [0.1, 0.15) is 30.5 Å². The third-order valence-electron chi connectivity index (χ3n) is 3.56. The third-order valence-corrected chi connectivity index (χ3v) is 3.56. The normalized spacial score (nSPS) is 23.8. The van der Waals surface area contributed by atoms with Gasteiger partial charge in [-0.25, -0.2) is 0 Å². The number of ether oxygens (including phenoxy) is 2. The summed E-state index contributed by atoms with van der Waals surface area (Å²) in [6.45, 7) is 3.92. The smallest absolute Gasteiger partial charge is 0.165 e. The van der Waals surface area contributed by atoms with Gasteiger partial charge in [-0.15, -0.1) is 0 Å². The van der Waals surface area contributed by atoms with Gasteiger partial charge in [0.1, 0.15) is 18.0 Å². The van der Waals surface area contributed by atoms with Crippen molar-refractivity contribution < 1.29 is 14.6 Å². The summed E-state index contributed by atoms with van der Waals surface area (Å²) in [6, 6.07) is 2.18. The minimum Gasteiger partial charge on any atom is -0.504 e. The molecule has 0 aromatic heterocycles.